The fourth-order valence-corrected chi connectivity index (χ4v) is 2.82. The van der Waals surface area contributed by atoms with Crippen LogP contribution in [0.5, 0.6) is 0 Å². The highest BCUT2D eigenvalue weighted by Crippen LogP contribution is 2.40. The monoisotopic (exact) mass is 155 g/mol. The van der Waals surface area contributed by atoms with Gasteiger partial charge in [0.05, 0.1) is 6.07 Å². The second kappa shape index (κ2) is 3.30. The Hall–Kier alpha value is -0.160. The zero-order valence-corrected chi connectivity index (χ0v) is 7.21. The van der Waals surface area contributed by atoms with E-state index in [2.05, 4.69) is 13.0 Å². The Morgan fingerprint density at radius 3 is 2.90 bits per heavy atom. The Labute approximate surface area is 66.8 Å². The highest BCUT2D eigenvalue weighted by Gasteiger charge is 2.33. The van der Waals surface area contributed by atoms with Crippen LogP contribution in [0.1, 0.15) is 32.6 Å². The maximum absolute atomic E-state index is 8.88. The van der Waals surface area contributed by atoms with Crippen LogP contribution in [0, 0.1) is 11.3 Å². The number of hydrogen-bond acceptors (Lipinski definition) is 2. The van der Waals surface area contributed by atoms with Crippen molar-refractivity contribution >= 4 is 11.8 Å². The molecule has 0 spiro atoms. The van der Waals surface area contributed by atoms with Gasteiger partial charge < -0.3 is 0 Å². The number of nitrogens with zero attached hydrogens (tertiary/aromatic N) is 1. The van der Waals surface area contributed by atoms with E-state index in [1.807, 2.05) is 11.8 Å². The quantitative estimate of drug-likeness (QED) is 0.612. The van der Waals surface area contributed by atoms with Crippen molar-refractivity contribution in [2.75, 3.05) is 5.75 Å². The minimum Gasteiger partial charge on any atom is -0.197 e. The average Bonchev–Trinajstić information content (AvgIpc) is 2.39. The van der Waals surface area contributed by atoms with Crippen molar-refractivity contribution in [1.29, 1.82) is 5.26 Å². The van der Waals surface area contributed by atoms with E-state index in [1.165, 1.54) is 12.2 Å². The van der Waals surface area contributed by atoms with Crippen molar-refractivity contribution in [2.24, 2.45) is 0 Å². The van der Waals surface area contributed by atoms with Gasteiger partial charge in [0.25, 0.3) is 0 Å². The lowest BCUT2D eigenvalue weighted by Gasteiger charge is -2.17. The minimum absolute atomic E-state index is 0.00868. The zero-order chi connectivity index (χ0) is 7.45. The summed E-state index contributed by atoms with van der Waals surface area (Å²) in [6.45, 7) is 2.15. The third-order valence-electron chi connectivity index (χ3n) is 1.96. The first-order valence-electron chi connectivity index (χ1n) is 3.88. The molecule has 1 unspecified atom stereocenters. The van der Waals surface area contributed by atoms with Crippen LogP contribution >= 0.6 is 11.8 Å². The SMILES string of the molecule is CCCC1(C#N)CCCS1. The van der Waals surface area contributed by atoms with Gasteiger partial charge in [0.2, 0.25) is 0 Å². The molecule has 0 aromatic heterocycles. The van der Waals surface area contributed by atoms with Gasteiger partial charge in [-0.1, -0.05) is 13.3 Å². The first kappa shape index (κ1) is 7.94. The zero-order valence-electron chi connectivity index (χ0n) is 6.39. The Bertz CT molecular complexity index is 142. The Kier molecular flexibility index (Phi) is 2.62. The maximum Gasteiger partial charge on any atom is 0.102 e. The van der Waals surface area contributed by atoms with Crippen molar-refractivity contribution in [3.05, 3.63) is 0 Å². The van der Waals surface area contributed by atoms with Crippen molar-refractivity contribution in [3.8, 4) is 6.07 Å². The van der Waals surface area contributed by atoms with Crippen LogP contribution in [0.2, 0.25) is 0 Å². The molecule has 0 N–H and O–H groups in total. The van der Waals surface area contributed by atoms with Gasteiger partial charge in [0.1, 0.15) is 4.75 Å². The number of thioether (sulfide) groups is 1. The minimum atomic E-state index is 0.00868. The largest absolute Gasteiger partial charge is 0.197 e. The second-order valence-corrected chi connectivity index (χ2v) is 4.29. The standard InChI is InChI=1S/C8H13NS/c1-2-4-8(7-9)5-3-6-10-8/h2-6H2,1H3. The van der Waals surface area contributed by atoms with Gasteiger partial charge in [-0.25, -0.2) is 0 Å². The molecule has 0 aromatic rings. The van der Waals surface area contributed by atoms with Crippen molar-refractivity contribution in [3.63, 3.8) is 0 Å². The fourth-order valence-electron chi connectivity index (χ4n) is 1.44. The second-order valence-electron chi connectivity index (χ2n) is 2.81. The van der Waals surface area contributed by atoms with Crippen molar-refractivity contribution in [2.45, 2.75) is 37.4 Å². The molecule has 0 bridgehead atoms. The van der Waals surface area contributed by atoms with E-state index in [-0.39, 0.29) is 4.75 Å². The van der Waals surface area contributed by atoms with Gasteiger partial charge in [-0.15, -0.1) is 11.8 Å². The molecule has 0 aliphatic carbocycles. The summed E-state index contributed by atoms with van der Waals surface area (Å²) in [7, 11) is 0. The molecule has 1 saturated heterocycles. The van der Waals surface area contributed by atoms with E-state index in [9.17, 15) is 0 Å². The molecule has 56 valence electrons. The van der Waals surface area contributed by atoms with Crippen LogP contribution in [-0.2, 0) is 0 Å². The molecule has 1 aliphatic heterocycles. The topological polar surface area (TPSA) is 23.8 Å². The number of rotatable bonds is 2. The van der Waals surface area contributed by atoms with E-state index in [4.69, 9.17) is 5.26 Å². The summed E-state index contributed by atoms with van der Waals surface area (Å²) in [6.07, 6.45) is 4.56. The molecule has 1 rings (SSSR count). The van der Waals surface area contributed by atoms with E-state index in [0.717, 1.165) is 19.3 Å². The van der Waals surface area contributed by atoms with Gasteiger partial charge in [-0.2, -0.15) is 5.26 Å². The summed E-state index contributed by atoms with van der Waals surface area (Å²) in [6, 6.07) is 2.44. The van der Waals surface area contributed by atoms with Crippen LogP contribution in [0.3, 0.4) is 0 Å². The molecule has 10 heavy (non-hydrogen) atoms. The Morgan fingerprint density at radius 1 is 1.70 bits per heavy atom. The van der Waals surface area contributed by atoms with Crippen LogP contribution in [-0.4, -0.2) is 10.5 Å². The van der Waals surface area contributed by atoms with Crippen molar-refractivity contribution < 1.29 is 0 Å². The summed E-state index contributed by atoms with van der Waals surface area (Å²) >= 11 is 1.85. The molecule has 1 nitrogen and oxygen atoms in total. The summed E-state index contributed by atoms with van der Waals surface area (Å²) in [5.41, 5.74) is 0. The molecule has 1 fully saturated rings. The Morgan fingerprint density at radius 2 is 2.50 bits per heavy atom. The van der Waals surface area contributed by atoms with Crippen LogP contribution in [0.25, 0.3) is 0 Å². The molecule has 0 aromatic carbocycles. The highest BCUT2D eigenvalue weighted by molar-refractivity contribution is 8.01. The highest BCUT2D eigenvalue weighted by atomic mass is 32.2. The predicted molar refractivity (Wildman–Crippen MR) is 44.9 cm³/mol. The lowest BCUT2D eigenvalue weighted by Crippen LogP contribution is -2.17. The molecule has 2 heteroatoms. The van der Waals surface area contributed by atoms with Gasteiger partial charge in [-0.3, -0.25) is 0 Å². The van der Waals surface area contributed by atoms with E-state index in [0.29, 0.717) is 0 Å². The van der Waals surface area contributed by atoms with Crippen LogP contribution < -0.4 is 0 Å². The molecular formula is C8H13NS. The third kappa shape index (κ3) is 1.46. The summed E-state index contributed by atoms with van der Waals surface area (Å²) in [5, 5.41) is 8.88. The van der Waals surface area contributed by atoms with Gasteiger partial charge in [0, 0.05) is 0 Å². The van der Waals surface area contributed by atoms with E-state index >= 15 is 0 Å². The molecule has 1 aliphatic rings. The van der Waals surface area contributed by atoms with Gasteiger partial charge in [0.15, 0.2) is 0 Å². The lowest BCUT2D eigenvalue weighted by molar-refractivity contribution is 0.611. The van der Waals surface area contributed by atoms with E-state index < -0.39 is 0 Å². The Balaban J connectivity index is 2.51. The number of nitriles is 1. The van der Waals surface area contributed by atoms with E-state index in [1.54, 1.807) is 0 Å². The average molecular weight is 155 g/mol. The summed E-state index contributed by atoms with van der Waals surface area (Å²) < 4.78 is 0.00868. The summed E-state index contributed by atoms with van der Waals surface area (Å²) in [5.74, 6) is 1.19. The molecule has 0 radical (unpaired) electrons. The molecular weight excluding hydrogens is 142 g/mol. The lowest BCUT2D eigenvalue weighted by atomic mass is 10.00. The van der Waals surface area contributed by atoms with Crippen LogP contribution in [0.4, 0.5) is 0 Å². The van der Waals surface area contributed by atoms with Crippen molar-refractivity contribution in [1.82, 2.24) is 0 Å². The fraction of sp³-hybridized carbons (Fsp3) is 0.875. The first-order valence-corrected chi connectivity index (χ1v) is 4.87. The normalized spacial score (nSPS) is 32.0. The third-order valence-corrected chi connectivity index (χ3v) is 3.51. The number of hydrogen-bond donors (Lipinski definition) is 0. The van der Waals surface area contributed by atoms with Gasteiger partial charge in [-0.05, 0) is 25.0 Å². The smallest absolute Gasteiger partial charge is 0.102 e. The maximum atomic E-state index is 8.88. The van der Waals surface area contributed by atoms with Gasteiger partial charge >= 0.3 is 0 Å². The molecule has 1 atom stereocenters. The molecule has 0 amide bonds. The predicted octanol–water partition coefficient (Wildman–Crippen LogP) is 2.58. The first-order chi connectivity index (χ1) is 4.83. The summed E-state index contributed by atoms with van der Waals surface area (Å²) in [4.78, 5) is 0. The molecule has 0 saturated carbocycles. The molecule has 1 heterocycles. The van der Waals surface area contributed by atoms with Crippen LogP contribution in [0.15, 0.2) is 0 Å².